The smallest absolute Gasteiger partial charge is 0.399 e. The monoisotopic (exact) mass is 235 g/mol. The molecule has 0 spiro atoms. The number of carboxylic acid groups (broad SMARTS) is 1. The third kappa shape index (κ3) is 2.86. The van der Waals surface area contributed by atoms with Gasteiger partial charge in [-0.25, -0.2) is 4.18 Å². The maximum atomic E-state index is 10.7. The van der Waals surface area contributed by atoms with Gasteiger partial charge in [0.1, 0.15) is 5.92 Å². The SMILES string of the molecule is NC1(OS(=O)(=O)O)C=CC=CC1C(=O)O. The van der Waals surface area contributed by atoms with Gasteiger partial charge >= 0.3 is 16.4 Å². The van der Waals surface area contributed by atoms with E-state index >= 15 is 0 Å². The summed E-state index contributed by atoms with van der Waals surface area (Å²) in [4.78, 5) is 10.7. The maximum absolute atomic E-state index is 10.7. The van der Waals surface area contributed by atoms with Crippen molar-refractivity contribution in [2.45, 2.75) is 5.72 Å². The van der Waals surface area contributed by atoms with E-state index in [-0.39, 0.29) is 0 Å². The molecule has 0 bridgehead atoms. The van der Waals surface area contributed by atoms with E-state index < -0.39 is 28.0 Å². The number of rotatable bonds is 3. The van der Waals surface area contributed by atoms with Crippen molar-refractivity contribution in [3.8, 4) is 0 Å². The molecule has 1 aliphatic rings. The third-order valence-corrected chi connectivity index (χ3v) is 2.27. The Labute approximate surface area is 85.8 Å². The number of hydrogen-bond donors (Lipinski definition) is 3. The molecule has 2 atom stereocenters. The summed E-state index contributed by atoms with van der Waals surface area (Å²) in [5.74, 6) is -2.74. The van der Waals surface area contributed by atoms with E-state index in [4.69, 9.17) is 15.4 Å². The minimum absolute atomic E-state index is 1.04. The van der Waals surface area contributed by atoms with Crippen molar-refractivity contribution in [2.24, 2.45) is 11.7 Å². The molecule has 0 radical (unpaired) electrons. The molecule has 0 aromatic heterocycles. The van der Waals surface area contributed by atoms with Gasteiger partial charge in [0.25, 0.3) is 0 Å². The number of carbonyl (C=O) groups is 1. The Bertz CT molecular complexity index is 425. The number of allylic oxidation sites excluding steroid dienone is 2. The van der Waals surface area contributed by atoms with Gasteiger partial charge in [0.05, 0.1) is 0 Å². The lowest BCUT2D eigenvalue weighted by atomic mass is 9.92. The molecule has 1 aliphatic carbocycles. The third-order valence-electron chi connectivity index (χ3n) is 1.77. The van der Waals surface area contributed by atoms with Crippen molar-refractivity contribution in [2.75, 3.05) is 0 Å². The number of carboxylic acids is 1. The van der Waals surface area contributed by atoms with E-state index in [0.717, 1.165) is 12.2 Å². The zero-order chi connectivity index (χ0) is 11.7. The summed E-state index contributed by atoms with van der Waals surface area (Å²) >= 11 is 0. The molecule has 0 aromatic carbocycles. The molecule has 2 unspecified atom stereocenters. The molecule has 8 heteroatoms. The van der Waals surface area contributed by atoms with E-state index in [1.807, 2.05) is 0 Å². The predicted octanol–water partition coefficient (Wildman–Crippen LogP) is -0.712. The van der Waals surface area contributed by atoms with Crippen LogP contribution in [0, 0.1) is 5.92 Å². The first-order valence-electron chi connectivity index (χ1n) is 3.80. The van der Waals surface area contributed by atoms with Crippen LogP contribution in [-0.4, -0.2) is 29.8 Å². The largest absolute Gasteiger partial charge is 0.481 e. The average molecular weight is 235 g/mol. The molecular formula is C7H9NO6S. The van der Waals surface area contributed by atoms with Gasteiger partial charge in [-0.2, -0.15) is 8.42 Å². The van der Waals surface area contributed by atoms with Gasteiger partial charge in [-0.05, 0) is 6.08 Å². The van der Waals surface area contributed by atoms with Crippen LogP contribution in [0.5, 0.6) is 0 Å². The van der Waals surface area contributed by atoms with Gasteiger partial charge in [0.2, 0.25) is 0 Å². The van der Waals surface area contributed by atoms with Crippen molar-refractivity contribution in [1.82, 2.24) is 0 Å². The topological polar surface area (TPSA) is 127 Å². The molecule has 0 aliphatic heterocycles. The summed E-state index contributed by atoms with van der Waals surface area (Å²) in [5.41, 5.74) is 3.31. The van der Waals surface area contributed by atoms with Gasteiger partial charge in [0, 0.05) is 0 Å². The molecule has 0 aromatic rings. The van der Waals surface area contributed by atoms with Gasteiger partial charge in [-0.3, -0.25) is 15.1 Å². The quantitative estimate of drug-likeness (QED) is 0.435. The van der Waals surface area contributed by atoms with Crippen LogP contribution in [-0.2, 0) is 19.4 Å². The lowest BCUT2D eigenvalue weighted by molar-refractivity contribution is -0.145. The molecule has 15 heavy (non-hydrogen) atoms. The molecule has 0 amide bonds. The highest BCUT2D eigenvalue weighted by Crippen LogP contribution is 2.25. The molecule has 7 nitrogen and oxygen atoms in total. The number of aliphatic carboxylic acids is 1. The predicted molar refractivity (Wildman–Crippen MR) is 49.0 cm³/mol. The fourth-order valence-electron chi connectivity index (χ4n) is 1.17. The first-order chi connectivity index (χ1) is 6.75. The normalized spacial score (nSPS) is 30.4. The highest BCUT2D eigenvalue weighted by Gasteiger charge is 2.42. The van der Waals surface area contributed by atoms with Crippen molar-refractivity contribution < 1.29 is 27.1 Å². The molecule has 0 heterocycles. The number of hydrogen-bond acceptors (Lipinski definition) is 5. The first kappa shape index (κ1) is 11.9. The van der Waals surface area contributed by atoms with E-state index in [2.05, 4.69) is 4.18 Å². The van der Waals surface area contributed by atoms with Gasteiger partial charge in [0.15, 0.2) is 5.72 Å². The van der Waals surface area contributed by atoms with Crippen LogP contribution < -0.4 is 5.73 Å². The van der Waals surface area contributed by atoms with Crippen LogP contribution in [0.25, 0.3) is 0 Å². The van der Waals surface area contributed by atoms with Crippen LogP contribution in [0.2, 0.25) is 0 Å². The highest BCUT2D eigenvalue weighted by atomic mass is 32.3. The zero-order valence-corrected chi connectivity index (χ0v) is 8.22. The van der Waals surface area contributed by atoms with E-state index in [1.165, 1.54) is 12.2 Å². The van der Waals surface area contributed by atoms with Crippen LogP contribution >= 0.6 is 0 Å². The Morgan fingerprint density at radius 2 is 2.07 bits per heavy atom. The highest BCUT2D eigenvalue weighted by molar-refractivity contribution is 7.80. The zero-order valence-electron chi connectivity index (χ0n) is 7.40. The Balaban J connectivity index is 3.04. The molecule has 0 fully saturated rings. The Morgan fingerprint density at radius 1 is 1.47 bits per heavy atom. The van der Waals surface area contributed by atoms with Crippen molar-refractivity contribution in [3.63, 3.8) is 0 Å². The molecule has 4 N–H and O–H groups in total. The number of nitrogens with two attached hydrogens (primary N) is 1. The fourth-order valence-corrected chi connectivity index (χ4v) is 1.70. The van der Waals surface area contributed by atoms with E-state index in [0.29, 0.717) is 0 Å². The molecule has 84 valence electrons. The molecule has 0 saturated heterocycles. The molecule has 0 saturated carbocycles. The van der Waals surface area contributed by atoms with Gasteiger partial charge in [-0.15, -0.1) is 0 Å². The van der Waals surface area contributed by atoms with Crippen LogP contribution in [0.15, 0.2) is 24.3 Å². The summed E-state index contributed by atoms with van der Waals surface area (Å²) in [6.45, 7) is 0. The van der Waals surface area contributed by atoms with Crippen molar-refractivity contribution in [3.05, 3.63) is 24.3 Å². The summed E-state index contributed by atoms with van der Waals surface area (Å²) in [7, 11) is -4.82. The Hall–Kier alpha value is -1.22. The Kier molecular flexibility index (Phi) is 2.95. The second kappa shape index (κ2) is 3.74. The lowest BCUT2D eigenvalue weighted by Gasteiger charge is -2.29. The van der Waals surface area contributed by atoms with Gasteiger partial charge in [-0.1, -0.05) is 18.2 Å². The molecular weight excluding hydrogens is 226 g/mol. The van der Waals surface area contributed by atoms with Crippen LogP contribution in [0.3, 0.4) is 0 Å². The van der Waals surface area contributed by atoms with Crippen molar-refractivity contribution >= 4 is 16.4 Å². The van der Waals surface area contributed by atoms with Gasteiger partial charge < -0.3 is 5.11 Å². The van der Waals surface area contributed by atoms with Crippen LogP contribution in [0.4, 0.5) is 0 Å². The standard InChI is InChI=1S/C7H9NO6S/c8-7(14-15(11,12)13)4-2-1-3-5(7)6(9)10/h1-5H,8H2,(H,9,10)(H,11,12,13). The van der Waals surface area contributed by atoms with Crippen molar-refractivity contribution in [1.29, 1.82) is 0 Å². The Morgan fingerprint density at radius 3 is 2.53 bits per heavy atom. The second-order valence-electron chi connectivity index (χ2n) is 2.92. The molecule has 1 rings (SSSR count). The minimum atomic E-state index is -4.82. The van der Waals surface area contributed by atoms with Crippen LogP contribution in [0.1, 0.15) is 0 Å². The lowest BCUT2D eigenvalue weighted by Crippen LogP contribution is -2.52. The second-order valence-corrected chi connectivity index (χ2v) is 3.95. The summed E-state index contributed by atoms with van der Waals surface area (Å²) in [6, 6.07) is 0. The summed E-state index contributed by atoms with van der Waals surface area (Å²) < 4.78 is 33.5. The summed E-state index contributed by atoms with van der Waals surface area (Å²) in [5, 5.41) is 8.75. The average Bonchev–Trinajstić information content (AvgIpc) is 1.99. The van der Waals surface area contributed by atoms with E-state index in [9.17, 15) is 13.2 Å². The first-order valence-corrected chi connectivity index (χ1v) is 5.17. The summed E-state index contributed by atoms with van der Waals surface area (Å²) in [6.07, 6.45) is 4.91. The maximum Gasteiger partial charge on any atom is 0.399 e. The van der Waals surface area contributed by atoms with E-state index in [1.54, 1.807) is 0 Å². The fraction of sp³-hybridized carbons (Fsp3) is 0.286. The minimum Gasteiger partial charge on any atom is -0.481 e.